The van der Waals surface area contributed by atoms with Crippen molar-refractivity contribution in [2.75, 3.05) is 0 Å². The van der Waals surface area contributed by atoms with Gasteiger partial charge in [0.15, 0.2) is 5.69 Å². The summed E-state index contributed by atoms with van der Waals surface area (Å²) >= 11 is 0. The van der Waals surface area contributed by atoms with Crippen LogP contribution in [0.15, 0.2) is 71.4 Å². The van der Waals surface area contributed by atoms with Crippen molar-refractivity contribution >= 4 is 5.91 Å². The second-order valence-corrected chi connectivity index (χ2v) is 4.63. The van der Waals surface area contributed by atoms with Gasteiger partial charge >= 0.3 is 0 Å². The first-order chi connectivity index (χ1) is 10.8. The topological polar surface area (TPSA) is 64.4 Å². The van der Waals surface area contributed by atoms with E-state index in [-0.39, 0.29) is 11.6 Å². The Morgan fingerprint density at radius 3 is 2.41 bits per heavy atom. The normalized spacial score (nSPS) is 10.2. The van der Waals surface area contributed by atoms with Crippen LogP contribution >= 0.6 is 0 Å². The number of carbonyl (C=O) groups excluding carboxylic acids is 1. The summed E-state index contributed by atoms with van der Waals surface area (Å²) in [7, 11) is 0. The van der Waals surface area contributed by atoms with Gasteiger partial charge in [0.2, 0.25) is 0 Å². The Balaban J connectivity index is 1.56. The minimum Gasteiger partial charge on any atom is -0.457 e. The average Bonchev–Trinajstić information content (AvgIpc) is 3.09. The molecule has 0 saturated heterocycles. The standard InChI is InChI=1S/C17H14N2O3/c20-17(16-10-11-21-19-16)18-12-13-6-8-15(9-7-13)22-14-4-2-1-3-5-14/h1-11H,12H2,(H,18,20). The van der Waals surface area contributed by atoms with Crippen molar-refractivity contribution in [2.24, 2.45) is 0 Å². The molecule has 1 N–H and O–H groups in total. The maximum Gasteiger partial charge on any atom is 0.273 e. The van der Waals surface area contributed by atoms with Gasteiger partial charge in [-0.15, -0.1) is 0 Å². The van der Waals surface area contributed by atoms with Crippen molar-refractivity contribution in [1.29, 1.82) is 0 Å². The van der Waals surface area contributed by atoms with Gasteiger partial charge in [-0.3, -0.25) is 4.79 Å². The Kier molecular flexibility index (Phi) is 4.15. The van der Waals surface area contributed by atoms with Crippen LogP contribution in [-0.4, -0.2) is 11.1 Å². The van der Waals surface area contributed by atoms with E-state index in [0.717, 1.165) is 17.1 Å². The van der Waals surface area contributed by atoms with Crippen LogP contribution in [0.3, 0.4) is 0 Å². The van der Waals surface area contributed by atoms with Gasteiger partial charge in [0, 0.05) is 12.6 Å². The van der Waals surface area contributed by atoms with Crippen LogP contribution in [0.1, 0.15) is 16.1 Å². The fourth-order valence-corrected chi connectivity index (χ4v) is 1.90. The minimum atomic E-state index is -0.265. The molecule has 0 saturated carbocycles. The smallest absolute Gasteiger partial charge is 0.273 e. The molecule has 1 amide bonds. The van der Waals surface area contributed by atoms with E-state index >= 15 is 0 Å². The molecule has 0 aliphatic heterocycles. The lowest BCUT2D eigenvalue weighted by atomic mass is 10.2. The van der Waals surface area contributed by atoms with Crippen molar-refractivity contribution in [2.45, 2.75) is 6.54 Å². The molecule has 22 heavy (non-hydrogen) atoms. The minimum absolute atomic E-state index is 0.265. The predicted octanol–water partition coefficient (Wildman–Crippen LogP) is 3.40. The Bertz CT molecular complexity index is 722. The zero-order valence-electron chi connectivity index (χ0n) is 11.7. The summed E-state index contributed by atoms with van der Waals surface area (Å²) in [5.41, 5.74) is 1.24. The number of carbonyl (C=O) groups is 1. The maximum absolute atomic E-state index is 11.7. The van der Waals surface area contributed by atoms with Crippen molar-refractivity contribution in [3.05, 3.63) is 78.2 Å². The molecule has 0 unspecified atom stereocenters. The summed E-state index contributed by atoms with van der Waals surface area (Å²) in [6, 6.07) is 18.6. The van der Waals surface area contributed by atoms with E-state index < -0.39 is 0 Å². The number of para-hydroxylation sites is 1. The van der Waals surface area contributed by atoms with Crippen LogP contribution in [0.25, 0.3) is 0 Å². The number of nitrogens with one attached hydrogen (secondary N) is 1. The highest BCUT2D eigenvalue weighted by molar-refractivity contribution is 5.91. The number of ether oxygens (including phenoxy) is 1. The molecule has 110 valence electrons. The highest BCUT2D eigenvalue weighted by Gasteiger charge is 2.08. The Hall–Kier alpha value is -3.08. The predicted molar refractivity (Wildman–Crippen MR) is 80.6 cm³/mol. The summed E-state index contributed by atoms with van der Waals surface area (Å²) in [6.45, 7) is 0.414. The molecule has 0 aliphatic rings. The third kappa shape index (κ3) is 3.52. The summed E-state index contributed by atoms with van der Waals surface area (Å²) < 4.78 is 10.3. The van der Waals surface area contributed by atoms with E-state index in [4.69, 9.17) is 4.74 Å². The van der Waals surface area contributed by atoms with Crippen molar-refractivity contribution in [1.82, 2.24) is 10.5 Å². The van der Waals surface area contributed by atoms with E-state index in [0.29, 0.717) is 6.54 Å². The van der Waals surface area contributed by atoms with E-state index in [9.17, 15) is 4.79 Å². The van der Waals surface area contributed by atoms with Gasteiger partial charge in [-0.25, -0.2) is 0 Å². The van der Waals surface area contributed by atoms with Crippen molar-refractivity contribution < 1.29 is 14.1 Å². The first-order valence-corrected chi connectivity index (χ1v) is 6.82. The number of benzene rings is 2. The van der Waals surface area contributed by atoms with Gasteiger partial charge in [0.1, 0.15) is 17.8 Å². The third-order valence-corrected chi connectivity index (χ3v) is 3.03. The Labute approximate surface area is 127 Å². The summed E-state index contributed by atoms with van der Waals surface area (Å²) in [6.07, 6.45) is 1.37. The summed E-state index contributed by atoms with van der Waals surface area (Å²) in [5, 5.41) is 6.35. The first-order valence-electron chi connectivity index (χ1n) is 6.82. The molecule has 5 nitrogen and oxygen atoms in total. The summed E-state index contributed by atoms with van der Waals surface area (Å²) in [5.74, 6) is 1.27. The molecule has 0 radical (unpaired) electrons. The van der Waals surface area contributed by atoms with Crippen molar-refractivity contribution in [3.63, 3.8) is 0 Å². The monoisotopic (exact) mass is 294 g/mol. The molecule has 3 rings (SSSR count). The number of aromatic nitrogens is 1. The number of hydrogen-bond donors (Lipinski definition) is 1. The largest absolute Gasteiger partial charge is 0.457 e. The van der Waals surface area contributed by atoms with Crippen LogP contribution < -0.4 is 10.1 Å². The molecule has 5 heteroatoms. The molecule has 2 aromatic carbocycles. The highest BCUT2D eigenvalue weighted by Crippen LogP contribution is 2.21. The van der Waals surface area contributed by atoms with Gasteiger partial charge in [-0.2, -0.15) is 0 Å². The maximum atomic E-state index is 11.7. The quantitative estimate of drug-likeness (QED) is 0.783. The first kappa shape index (κ1) is 13.9. The molecule has 1 aromatic heterocycles. The van der Waals surface area contributed by atoms with Gasteiger partial charge in [-0.1, -0.05) is 35.5 Å². The van der Waals surface area contributed by atoms with Crippen LogP contribution in [0.2, 0.25) is 0 Å². The van der Waals surface area contributed by atoms with Crippen LogP contribution in [0.4, 0.5) is 0 Å². The molecule has 0 fully saturated rings. The molecule has 1 heterocycles. The zero-order chi connectivity index (χ0) is 15.2. The average molecular weight is 294 g/mol. The molecular formula is C17H14N2O3. The second kappa shape index (κ2) is 6.58. The van der Waals surface area contributed by atoms with Gasteiger partial charge in [0.25, 0.3) is 5.91 Å². The molecule has 3 aromatic rings. The van der Waals surface area contributed by atoms with Crippen LogP contribution in [-0.2, 0) is 6.54 Å². The molecule has 0 bridgehead atoms. The van der Waals surface area contributed by atoms with Gasteiger partial charge in [-0.05, 0) is 29.8 Å². The zero-order valence-corrected chi connectivity index (χ0v) is 11.7. The SMILES string of the molecule is O=C(NCc1ccc(Oc2ccccc2)cc1)c1ccon1. The molecule has 0 spiro atoms. The highest BCUT2D eigenvalue weighted by atomic mass is 16.5. The molecule has 0 atom stereocenters. The lowest BCUT2D eigenvalue weighted by Crippen LogP contribution is -2.22. The lowest BCUT2D eigenvalue weighted by molar-refractivity contribution is 0.0942. The van der Waals surface area contributed by atoms with Crippen LogP contribution in [0.5, 0.6) is 11.5 Å². The Morgan fingerprint density at radius 2 is 1.73 bits per heavy atom. The second-order valence-electron chi connectivity index (χ2n) is 4.63. The fraction of sp³-hybridized carbons (Fsp3) is 0.0588. The lowest BCUT2D eigenvalue weighted by Gasteiger charge is -2.07. The number of rotatable bonds is 5. The molecular weight excluding hydrogens is 280 g/mol. The summed E-state index contributed by atoms with van der Waals surface area (Å²) in [4.78, 5) is 11.7. The van der Waals surface area contributed by atoms with E-state index in [1.807, 2.05) is 54.6 Å². The number of amides is 1. The van der Waals surface area contributed by atoms with E-state index in [2.05, 4.69) is 15.0 Å². The number of nitrogens with zero attached hydrogens (tertiary/aromatic N) is 1. The van der Waals surface area contributed by atoms with E-state index in [1.165, 1.54) is 12.3 Å². The van der Waals surface area contributed by atoms with Gasteiger partial charge < -0.3 is 14.6 Å². The van der Waals surface area contributed by atoms with E-state index in [1.54, 1.807) is 0 Å². The fourth-order valence-electron chi connectivity index (χ4n) is 1.90. The van der Waals surface area contributed by atoms with Crippen molar-refractivity contribution in [3.8, 4) is 11.5 Å². The Morgan fingerprint density at radius 1 is 1.00 bits per heavy atom. The molecule has 0 aliphatic carbocycles. The van der Waals surface area contributed by atoms with Crippen LogP contribution in [0, 0.1) is 0 Å². The number of hydrogen-bond acceptors (Lipinski definition) is 4. The third-order valence-electron chi connectivity index (χ3n) is 3.03. The van der Waals surface area contributed by atoms with Gasteiger partial charge in [0.05, 0.1) is 0 Å².